The van der Waals surface area contributed by atoms with E-state index in [9.17, 15) is 9.59 Å². The van der Waals surface area contributed by atoms with Gasteiger partial charge >= 0.3 is 12.1 Å². The number of hydrogen-bond donors (Lipinski definition) is 1. The van der Waals surface area contributed by atoms with Crippen molar-refractivity contribution >= 4 is 17.7 Å². The summed E-state index contributed by atoms with van der Waals surface area (Å²) in [6, 6.07) is 0. The number of esters is 1. The van der Waals surface area contributed by atoms with Crippen LogP contribution < -0.4 is 5.32 Å². The summed E-state index contributed by atoms with van der Waals surface area (Å²) in [5, 5.41) is 6.57. The summed E-state index contributed by atoms with van der Waals surface area (Å²) in [5.74, 6) is -0.308. The molecule has 1 rings (SSSR count). The van der Waals surface area contributed by atoms with E-state index < -0.39 is 11.7 Å². The highest BCUT2D eigenvalue weighted by atomic mass is 16.6. The quantitative estimate of drug-likeness (QED) is 0.843. The normalized spacial score (nSPS) is 10.9. The van der Waals surface area contributed by atoms with Gasteiger partial charge < -0.3 is 9.47 Å². The highest BCUT2D eigenvalue weighted by molar-refractivity contribution is 5.84. The van der Waals surface area contributed by atoms with Crippen molar-refractivity contribution in [2.24, 2.45) is 0 Å². The molecule has 0 aliphatic heterocycles. The fourth-order valence-electron chi connectivity index (χ4n) is 1.28. The molecule has 7 nitrogen and oxygen atoms in total. The van der Waals surface area contributed by atoms with Crippen molar-refractivity contribution < 1.29 is 19.1 Å². The van der Waals surface area contributed by atoms with Crippen LogP contribution in [-0.2, 0) is 20.8 Å². The molecule has 7 heteroatoms. The van der Waals surface area contributed by atoms with E-state index in [0.29, 0.717) is 12.2 Å². The molecule has 0 atom stereocenters. The van der Waals surface area contributed by atoms with Crippen molar-refractivity contribution in [3.05, 3.63) is 12.4 Å². The second kappa shape index (κ2) is 6.21. The molecule has 0 aliphatic carbocycles. The zero-order valence-electron chi connectivity index (χ0n) is 11.6. The minimum absolute atomic E-state index is 0.226. The van der Waals surface area contributed by atoms with Crippen molar-refractivity contribution in [2.45, 2.75) is 39.3 Å². The Labute approximate surface area is 111 Å². The number of amides is 1. The number of aromatic nitrogens is 2. The maximum atomic E-state index is 11.5. The number of aryl methyl sites for hydroxylation is 1. The van der Waals surface area contributed by atoms with E-state index in [4.69, 9.17) is 4.74 Å². The van der Waals surface area contributed by atoms with E-state index in [1.54, 1.807) is 31.6 Å². The lowest BCUT2D eigenvalue weighted by Gasteiger charge is -2.19. The van der Waals surface area contributed by atoms with Crippen LogP contribution in [0.25, 0.3) is 0 Å². The lowest BCUT2D eigenvalue weighted by atomic mass is 10.2. The number of nitrogens with zero attached hydrogens (tertiary/aromatic N) is 2. The van der Waals surface area contributed by atoms with Gasteiger partial charge in [-0.3, -0.25) is 14.8 Å². The molecule has 1 N–H and O–H groups in total. The van der Waals surface area contributed by atoms with Crippen molar-refractivity contribution in [1.82, 2.24) is 9.78 Å². The van der Waals surface area contributed by atoms with Crippen LogP contribution in [0.3, 0.4) is 0 Å². The van der Waals surface area contributed by atoms with E-state index in [2.05, 4.69) is 15.2 Å². The van der Waals surface area contributed by atoms with Crippen molar-refractivity contribution in [3.63, 3.8) is 0 Å². The lowest BCUT2D eigenvalue weighted by molar-refractivity contribution is -0.140. The molecule has 1 aromatic heterocycles. The third-order valence-corrected chi connectivity index (χ3v) is 2.05. The zero-order valence-corrected chi connectivity index (χ0v) is 11.6. The molecule has 0 unspecified atom stereocenters. The summed E-state index contributed by atoms with van der Waals surface area (Å²) in [6.45, 7) is 5.74. The Hall–Kier alpha value is -2.05. The summed E-state index contributed by atoms with van der Waals surface area (Å²) >= 11 is 0. The molecule has 0 saturated heterocycles. The first-order chi connectivity index (χ1) is 8.80. The molecule has 0 bridgehead atoms. The molecular formula is C12H19N3O4. The van der Waals surface area contributed by atoms with Crippen LogP contribution in [0.5, 0.6) is 0 Å². The van der Waals surface area contributed by atoms with Gasteiger partial charge in [0.2, 0.25) is 0 Å². The monoisotopic (exact) mass is 269 g/mol. The first-order valence-electron chi connectivity index (χ1n) is 5.89. The fraction of sp³-hybridized carbons (Fsp3) is 0.583. The van der Waals surface area contributed by atoms with E-state index in [-0.39, 0.29) is 12.4 Å². The Morgan fingerprint density at radius 3 is 2.68 bits per heavy atom. The Balaban J connectivity index is 2.46. The SMILES string of the molecule is COC(=O)CCn1cc(NC(=O)OC(C)(C)C)cn1. The fourth-order valence-corrected chi connectivity index (χ4v) is 1.28. The van der Waals surface area contributed by atoms with Crippen molar-refractivity contribution in [2.75, 3.05) is 12.4 Å². The van der Waals surface area contributed by atoms with Gasteiger partial charge in [-0.2, -0.15) is 5.10 Å². The van der Waals surface area contributed by atoms with Gasteiger partial charge in [-0.25, -0.2) is 4.79 Å². The van der Waals surface area contributed by atoms with Crippen LogP contribution in [0.2, 0.25) is 0 Å². The smallest absolute Gasteiger partial charge is 0.412 e. The molecule has 0 spiro atoms. The van der Waals surface area contributed by atoms with Gasteiger partial charge in [0.05, 0.1) is 32.0 Å². The molecule has 1 heterocycles. The maximum Gasteiger partial charge on any atom is 0.412 e. The van der Waals surface area contributed by atoms with Gasteiger partial charge in [0.25, 0.3) is 0 Å². The average molecular weight is 269 g/mol. The number of nitrogens with one attached hydrogen (secondary N) is 1. The molecule has 0 saturated carbocycles. The minimum Gasteiger partial charge on any atom is -0.469 e. The van der Waals surface area contributed by atoms with Gasteiger partial charge in [0.1, 0.15) is 5.60 Å². The maximum absolute atomic E-state index is 11.5. The molecule has 19 heavy (non-hydrogen) atoms. The minimum atomic E-state index is -0.551. The van der Waals surface area contributed by atoms with E-state index in [0.717, 1.165) is 0 Å². The summed E-state index contributed by atoms with van der Waals surface area (Å²) in [7, 11) is 1.33. The molecule has 1 aromatic rings. The van der Waals surface area contributed by atoms with Crippen molar-refractivity contribution in [3.8, 4) is 0 Å². The second-order valence-corrected chi connectivity index (χ2v) is 4.95. The van der Waals surface area contributed by atoms with Gasteiger partial charge in [-0.05, 0) is 20.8 Å². The zero-order chi connectivity index (χ0) is 14.5. The van der Waals surface area contributed by atoms with Crippen LogP contribution in [0.4, 0.5) is 10.5 Å². The Bertz CT molecular complexity index is 448. The van der Waals surface area contributed by atoms with Crippen LogP contribution in [0.15, 0.2) is 12.4 Å². The average Bonchev–Trinajstić information content (AvgIpc) is 2.70. The van der Waals surface area contributed by atoms with E-state index in [1.807, 2.05) is 0 Å². The Morgan fingerprint density at radius 2 is 2.11 bits per heavy atom. The number of carbonyl (C=O) groups is 2. The van der Waals surface area contributed by atoms with E-state index >= 15 is 0 Å². The number of methoxy groups -OCH3 is 1. The van der Waals surface area contributed by atoms with Gasteiger partial charge in [0, 0.05) is 6.20 Å². The predicted octanol–water partition coefficient (Wildman–Crippen LogP) is 1.79. The summed E-state index contributed by atoms with van der Waals surface area (Å²) in [5.41, 5.74) is -0.0376. The summed E-state index contributed by atoms with van der Waals surface area (Å²) < 4.78 is 11.2. The highest BCUT2D eigenvalue weighted by Crippen LogP contribution is 2.11. The lowest BCUT2D eigenvalue weighted by Crippen LogP contribution is -2.27. The molecule has 0 radical (unpaired) electrons. The highest BCUT2D eigenvalue weighted by Gasteiger charge is 2.16. The van der Waals surface area contributed by atoms with E-state index in [1.165, 1.54) is 13.3 Å². The molecule has 1 amide bonds. The predicted molar refractivity (Wildman–Crippen MR) is 68.7 cm³/mol. The van der Waals surface area contributed by atoms with Crippen LogP contribution in [0, 0.1) is 0 Å². The second-order valence-electron chi connectivity index (χ2n) is 4.95. The van der Waals surface area contributed by atoms with Crippen LogP contribution in [-0.4, -0.2) is 34.6 Å². The molecular weight excluding hydrogens is 250 g/mol. The molecule has 0 aliphatic rings. The standard InChI is InChI=1S/C12H19N3O4/c1-12(2,3)19-11(17)14-9-7-13-15(8-9)6-5-10(16)18-4/h7-8H,5-6H2,1-4H3,(H,14,17). The molecule has 0 fully saturated rings. The Morgan fingerprint density at radius 1 is 1.42 bits per heavy atom. The summed E-state index contributed by atoms with van der Waals surface area (Å²) in [6.07, 6.45) is 2.79. The largest absolute Gasteiger partial charge is 0.469 e. The third kappa shape index (κ3) is 5.89. The van der Waals surface area contributed by atoms with Crippen molar-refractivity contribution in [1.29, 1.82) is 0 Å². The number of rotatable bonds is 4. The number of hydrogen-bond acceptors (Lipinski definition) is 5. The topological polar surface area (TPSA) is 82.5 Å². The third-order valence-electron chi connectivity index (χ3n) is 2.05. The first-order valence-corrected chi connectivity index (χ1v) is 5.89. The number of carbonyl (C=O) groups excluding carboxylic acids is 2. The Kier molecular flexibility index (Phi) is 4.91. The van der Waals surface area contributed by atoms with Gasteiger partial charge in [-0.15, -0.1) is 0 Å². The van der Waals surface area contributed by atoms with Gasteiger partial charge in [-0.1, -0.05) is 0 Å². The molecule has 0 aromatic carbocycles. The first kappa shape index (κ1) is 15.0. The van der Waals surface area contributed by atoms with Crippen LogP contribution in [0.1, 0.15) is 27.2 Å². The molecule has 106 valence electrons. The van der Waals surface area contributed by atoms with Crippen LogP contribution >= 0.6 is 0 Å². The number of anilines is 1. The summed E-state index contributed by atoms with van der Waals surface area (Å²) in [4.78, 5) is 22.5. The number of ether oxygens (including phenoxy) is 2. The van der Waals surface area contributed by atoms with Gasteiger partial charge in [0.15, 0.2) is 0 Å².